The molecule has 0 radical (unpaired) electrons. The van der Waals surface area contributed by atoms with Crippen LogP contribution in [0.4, 0.5) is 50.1 Å². The van der Waals surface area contributed by atoms with Crippen molar-refractivity contribution in [3.63, 3.8) is 0 Å². The van der Waals surface area contributed by atoms with Crippen molar-refractivity contribution in [2.45, 2.75) is 25.2 Å². The van der Waals surface area contributed by atoms with Crippen molar-refractivity contribution in [1.82, 2.24) is 9.97 Å². The summed E-state index contributed by atoms with van der Waals surface area (Å²) in [5, 5.41) is 48.4. The maximum Gasteiger partial charge on any atom is 0.296 e. The Kier molecular flexibility index (Phi) is 12.3. The molecule has 0 atom stereocenters. The predicted molar refractivity (Wildman–Crippen MR) is 219 cm³/mol. The van der Waals surface area contributed by atoms with E-state index in [2.05, 4.69) is 58.5 Å². The Morgan fingerprint density at radius 2 is 1.53 bits per heavy atom. The highest BCUT2D eigenvalue weighted by Gasteiger charge is 2.23. The van der Waals surface area contributed by atoms with Crippen molar-refractivity contribution in [1.29, 1.82) is 10.5 Å². The number of thiophene rings is 1. The Morgan fingerprint density at radius 3 is 2.21 bits per heavy atom. The fraction of sp³-hybridized carbons (Fsp3) is 0.0789. The second-order valence-electron chi connectivity index (χ2n) is 11.8. The highest BCUT2D eigenvalue weighted by Crippen LogP contribution is 2.49. The molecule has 0 aliphatic heterocycles. The molecule has 0 spiro atoms. The van der Waals surface area contributed by atoms with Gasteiger partial charge in [0.25, 0.3) is 10.1 Å². The molecule has 0 saturated carbocycles. The molecule has 3 aromatic carbocycles. The van der Waals surface area contributed by atoms with Crippen LogP contribution in [0.15, 0.2) is 117 Å². The number of nitriles is 2. The molecule has 1 amide bonds. The number of anilines is 5. The first-order chi connectivity index (χ1) is 27.4. The Balaban J connectivity index is 1.50. The molecule has 0 saturated heterocycles. The normalized spacial score (nSPS) is 11.4. The lowest BCUT2D eigenvalue weighted by molar-refractivity contribution is -0.115. The van der Waals surface area contributed by atoms with E-state index >= 15 is 0 Å². The van der Waals surface area contributed by atoms with Crippen molar-refractivity contribution in [3.8, 4) is 23.3 Å². The molecule has 0 aliphatic carbocycles. The first-order valence-corrected chi connectivity index (χ1v) is 19.6. The fourth-order valence-corrected chi connectivity index (χ4v) is 7.29. The number of carbonyl (C=O) groups excluding carboxylic acids is 1. The number of rotatable bonds is 12. The molecular formula is C38H27Cl2N11O4S2. The molecule has 0 bridgehead atoms. The molecule has 0 aliphatic rings. The lowest BCUT2D eigenvalue weighted by Gasteiger charge is -2.16. The number of benzene rings is 3. The third-order valence-corrected chi connectivity index (χ3v) is 10.5. The Labute approximate surface area is 340 Å². The van der Waals surface area contributed by atoms with Crippen molar-refractivity contribution < 1.29 is 17.8 Å². The van der Waals surface area contributed by atoms with Crippen molar-refractivity contribution in [2.24, 2.45) is 20.5 Å². The van der Waals surface area contributed by atoms with Crippen LogP contribution in [-0.4, -0.2) is 28.8 Å². The number of carbonyl (C=O) groups is 1. The molecule has 6 aromatic rings. The molecule has 4 N–H and O–H groups in total. The molecule has 6 rings (SSSR count). The van der Waals surface area contributed by atoms with Crippen molar-refractivity contribution in [2.75, 3.05) is 16.0 Å². The van der Waals surface area contributed by atoms with Gasteiger partial charge in [-0.3, -0.25) is 14.3 Å². The predicted octanol–water partition coefficient (Wildman–Crippen LogP) is 11.5. The summed E-state index contributed by atoms with van der Waals surface area (Å²) in [6.07, 6.45) is 3.41. The van der Waals surface area contributed by atoms with Gasteiger partial charge in [0, 0.05) is 52.0 Å². The van der Waals surface area contributed by atoms with Crippen LogP contribution < -0.4 is 16.0 Å². The van der Waals surface area contributed by atoms with Gasteiger partial charge < -0.3 is 16.0 Å². The van der Waals surface area contributed by atoms with E-state index in [9.17, 15) is 28.3 Å². The van der Waals surface area contributed by atoms with Gasteiger partial charge >= 0.3 is 0 Å². The third-order valence-electron chi connectivity index (χ3n) is 8.00. The zero-order chi connectivity index (χ0) is 40.7. The topological polar surface area (TPSA) is 230 Å². The molecule has 19 heteroatoms. The van der Waals surface area contributed by atoms with E-state index in [1.54, 1.807) is 86.9 Å². The van der Waals surface area contributed by atoms with Crippen molar-refractivity contribution in [3.05, 3.63) is 118 Å². The van der Waals surface area contributed by atoms with Crippen molar-refractivity contribution >= 4 is 101 Å². The van der Waals surface area contributed by atoms with Gasteiger partial charge in [-0.1, -0.05) is 53.6 Å². The van der Waals surface area contributed by atoms with E-state index in [-0.39, 0.29) is 56.5 Å². The maximum atomic E-state index is 12.2. The molecule has 57 heavy (non-hydrogen) atoms. The molecule has 3 heterocycles. The Morgan fingerprint density at radius 1 is 0.842 bits per heavy atom. The minimum absolute atomic E-state index is 0.0130. The summed E-state index contributed by atoms with van der Waals surface area (Å²) < 4.78 is 33.6. The minimum Gasteiger partial charge on any atom is -0.339 e. The quantitative estimate of drug-likeness (QED) is 0.0672. The summed E-state index contributed by atoms with van der Waals surface area (Å²) in [4.78, 5) is 20.3. The fourth-order valence-electron chi connectivity index (χ4n) is 5.25. The van der Waals surface area contributed by atoms with Gasteiger partial charge in [0.05, 0.1) is 16.3 Å². The number of hydrogen-bond donors (Lipinski definition) is 4. The average molecular weight is 837 g/mol. The number of amides is 1. The van der Waals surface area contributed by atoms with E-state index < -0.39 is 15.0 Å². The summed E-state index contributed by atoms with van der Waals surface area (Å²) in [5.74, 6) is -0.0543. The summed E-state index contributed by atoms with van der Waals surface area (Å²) in [5.41, 5.74) is 3.28. The van der Waals surface area contributed by atoms with Crippen LogP contribution in [0.3, 0.4) is 0 Å². The lowest BCUT2D eigenvalue weighted by Crippen LogP contribution is -2.09. The van der Waals surface area contributed by atoms with Gasteiger partial charge in [-0.25, -0.2) is 4.98 Å². The SMILES string of the molecule is CCC(=O)Nc1cccc(-c2c(N=Nc3ccncc3)sc(N=Nc3c(Nc4ccc(Cl)cc4)nc(Nc4ccc(Cl)c(S(=O)(=O)O)c4)c(C#N)c3C)c2C#N)c1. The third kappa shape index (κ3) is 9.45. The number of halogens is 2. The number of hydrogen-bond acceptors (Lipinski definition) is 14. The van der Waals surface area contributed by atoms with Crippen LogP contribution in [-0.2, 0) is 14.9 Å². The average Bonchev–Trinajstić information content (AvgIpc) is 3.55. The van der Waals surface area contributed by atoms with Gasteiger partial charge in [0.2, 0.25) is 5.91 Å². The van der Waals surface area contributed by atoms with Gasteiger partial charge in [-0.2, -0.15) is 18.9 Å². The number of azo groups is 2. The maximum absolute atomic E-state index is 12.2. The molecule has 0 unspecified atom stereocenters. The number of pyridine rings is 2. The van der Waals surface area contributed by atoms with Crippen LogP contribution >= 0.6 is 34.5 Å². The molecule has 15 nitrogen and oxygen atoms in total. The van der Waals surface area contributed by atoms with Crippen LogP contribution in [0.5, 0.6) is 0 Å². The molecule has 3 aromatic heterocycles. The first-order valence-electron chi connectivity index (χ1n) is 16.6. The standard InChI is InChI=1S/C38H27Cl2N11O4S2/c1-3-32(52)44-26-6-4-5-22(17-26)33-29(20-42)37(56-38(33)51-48-25-13-15-43-16-14-25)50-49-34-21(2)28(19-41)35(47-36(34)45-24-9-7-23(39)8-10-24)46-27-11-12-30(40)31(18-27)57(53,54)55/h4-18H,3H2,1-2H3,(H,44,52)(H2,45,46,47)(H,53,54,55). The van der Waals surface area contributed by atoms with Gasteiger partial charge in [-0.15, -0.1) is 20.5 Å². The second kappa shape index (κ2) is 17.5. The van der Waals surface area contributed by atoms with Crippen LogP contribution in [0.25, 0.3) is 11.1 Å². The van der Waals surface area contributed by atoms with E-state index in [0.29, 0.717) is 43.8 Å². The lowest BCUT2D eigenvalue weighted by atomic mass is 10.0. The van der Waals surface area contributed by atoms with Gasteiger partial charge in [0.15, 0.2) is 16.6 Å². The van der Waals surface area contributed by atoms with E-state index in [0.717, 1.165) is 17.4 Å². The first kappa shape index (κ1) is 40.1. The van der Waals surface area contributed by atoms with Crippen LogP contribution in [0.2, 0.25) is 10.0 Å². The zero-order valence-electron chi connectivity index (χ0n) is 29.7. The van der Waals surface area contributed by atoms with E-state index in [4.69, 9.17) is 23.2 Å². The molecule has 284 valence electrons. The summed E-state index contributed by atoms with van der Waals surface area (Å²) in [6, 6.07) is 25.1. The van der Waals surface area contributed by atoms with Gasteiger partial charge in [-0.05, 0) is 79.2 Å². The highest BCUT2D eigenvalue weighted by atomic mass is 35.5. The van der Waals surface area contributed by atoms with Gasteiger partial charge in [0.1, 0.15) is 33.3 Å². The molecule has 0 fully saturated rings. The van der Waals surface area contributed by atoms with Crippen LogP contribution in [0, 0.1) is 29.6 Å². The summed E-state index contributed by atoms with van der Waals surface area (Å²) in [6.45, 7) is 3.35. The smallest absolute Gasteiger partial charge is 0.296 e. The Bertz CT molecular complexity index is 2770. The minimum atomic E-state index is -4.68. The number of nitrogens with one attached hydrogen (secondary N) is 3. The second-order valence-corrected chi connectivity index (χ2v) is 15.0. The number of nitrogens with zero attached hydrogens (tertiary/aromatic N) is 8. The zero-order valence-corrected chi connectivity index (χ0v) is 32.8. The summed E-state index contributed by atoms with van der Waals surface area (Å²) >= 11 is 13.2. The van der Waals surface area contributed by atoms with E-state index in [1.165, 1.54) is 12.1 Å². The summed E-state index contributed by atoms with van der Waals surface area (Å²) in [7, 11) is -4.68. The molecular weight excluding hydrogens is 810 g/mol. The van der Waals surface area contributed by atoms with E-state index in [1.807, 2.05) is 0 Å². The van der Waals surface area contributed by atoms with Crippen LogP contribution in [0.1, 0.15) is 30.0 Å². The number of aromatic nitrogens is 2. The Hall–Kier alpha value is -6.60. The largest absolute Gasteiger partial charge is 0.339 e. The monoisotopic (exact) mass is 835 g/mol. The highest BCUT2D eigenvalue weighted by molar-refractivity contribution is 7.86.